The number of rotatable bonds is 3. The summed E-state index contributed by atoms with van der Waals surface area (Å²) in [6, 6.07) is 10.4. The summed E-state index contributed by atoms with van der Waals surface area (Å²) in [5, 5.41) is 0.738. The highest BCUT2D eigenvalue weighted by Crippen LogP contribution is 2.35. The van der Waals surface area contributed by atoms with Crippen molar-refractivity contribution in [3.8, 4) is 11.5 Å². The molecule has 0 amide bonds. The molecular formula is C21H17FO3. The monoisotopic (exact) mass is 336 g/mol. The SMILES string of the molecule is C=C1C=C(C)c2ccc(OCc3cc4cc(F)cc(C)c4o3)cc2O1. The van der Waals surface area contributed by atoms with Gasteiger partial charge in [0.1, 0.15) is 41.0 Å². The number of hydrogen-bond acceptors (Lipinski definition) is 3. The first kappa shape index (κ1) is 15.5. The van der Waals surface area contributed by atoms with Crippen LogP contribution in [0.15, 0.2) is 59.2 Å². The fourth-order valence-corrected chi connectivity index (χ4v) is 3.05. The molecule has 1 aromatic heterocycles. The maximum absolute atomic E-state index is 13.5. The van der Waals surface area contributed by atoms with Crippen molar-refractivity contribution in [3.05, 3.63) is 77.5 Å². The average Bonchev–Trinajstić information content (AvgIpc) is 2.95. The van der Waals surface area contributed by atoms with E-state index in [1.165, 1.54) is 12.1 Å². The van der Waals surface area contributed by atoms with Gasteiger partial charge < -0.3 is 13.9 Å². The lowest BCUT2D eigenvalue weighted by atomic mass is 10.0. The maximum Gasteiger partial charge on any atom is 0.146 e. The van der Waals surface area contributed by atoms with E-state index in [0.717, 1.165) is 27.8 Å². The fraction of sp³-hybridized carbons (Fsp3) is 0.143. The van der Waals surface area contributed by atoms with Gasteiger partial charge in [0.2, 0.25) is 0 Å². The molecule has 3 nitrogen and oxygen atoms in total. The summed E-state index contributed by atoms with van der Waals surface area (Å²) < 4.78 is 30.7. The zero-order valence-electron chi connectivity index (χ0n) is 14.1. The summed E-state index contributed by atoms with van der Waals surface area (Å²) in [6.45, 7) is 7.93. The topological polar surface area (TPSA) is 31.6 Å². The molecule has 0 spiro atoms. The van der Waals surface area contributed by atoms with Crippen LogP contribution in [0.2, 0.25) is 0 Å². The Morgan fingerprint density at radius 1 is 1.12 bits per heavy atom. The molecule has 25 heavy (non-hydrogen) atoms. The highest BCUT2D eigenvalue weighted by atomic mass is 19.1. The molecule has 0 bridgehead atoms. The van der Waals surface area contributed by atoms with Crippen molar-refractivity contribution in [2.75, 3.05) is 0 Å². The molecular weight excluding hydrogens is 319 g/mol. The summed E-state index contributed by atoms with van der Waals surface area (Å²) in [5.74, 6) is 2.38. The van der Waals surface area contributed by atoms with Gasteiger partial charge in [0, 0.05) is 17.0 Å². The van der Waals surface area contributed by atoms with Crippen LogP contribution in [0.1, 0.15) is 23.8 Å². The van der Waals surface area contributed by atoms with Crippen LogP contribution in [-0.2, 0) is 6.61 Å². The third kappa shape index (κ3) is 2.91. The lowest BCUT2D eigenvalue weighted by Gasteiger charge is -2.18. The molecule has 1 aliphatic heterocycles. The van der Waals surface area contributed by atoms with Gasteiger partial charge in [0.15, 0.2) is 0 Å². The highest BCUT2D eigenvalue weighted by Gasteiger charge is 2.14. The van der Waals surface area contributed by atoms with E-state index in [9.17, 15) is 4.39 Å². The van der Waals surface area contributed by atoms with E-state index in [0.29, 0.717) is 22.9 Å². The Morgan fingerprint density at radius 3 is 2.80 bits per heavy atom. The number of hydrogen-bond donors (Lipinski definition) is 0. The van der Waals surface area contributed by atoms with Crippen molar-refractivity contribution in [1.82, 2.24) is 0 Å². The molecule has 0 saturated carbocycles. The minimum Gasteiger partial charge on any atom is -0.486 e. The van der Waals surface area contributed by atoms with E-state index >= 15 is 0 Å². The Bertz CT molecular complexity index is 1030. The molecule has 3 aromatic rings. The molecule has 0 unspecified atom stereocenters. The Labute approximate surface area is 145 Å². The minimum absolute atomic E-state index is 0.254. The number of halogens is 1. The number of ether oxygens (including phenoxy) is 2. The second-order valence-electron chi connectivity index (χ2n) is 6.20. The lowest BCUT2D eigenvalue weighted by molar-refractivity contribution is 0.273. The van der Waals surface area contributed by atoms with Crippen LogP contribution in [0.5, 0.6) is 11.5 Å². The van der Waals surface area contributed by atoms with Crippen molar-refractivity contribution >= 4 is 16.5 Å². The average molecular weight is 336 g/mol. The van der Waals surface area contributed by atoms with Crippen LogP contribution in [0, 0.1) is 12.7 Å². The van der Waals surface area contributed by atoms with Gasteiger partial charge in [-0.15, -0.1) is 0 Å². The molecule has 2 heterocycles. The Morgan fingerprint density at radius 2 is 1.96 bits per heavy atom. The van der Waals surface area contributed by atoms with Gasteiger partial charge in [-0.05, 0) is 61.4 Å². The van der Waals surface area contributed by atoms with E-state index in [1.54, 1.807) is 6.07 Å². The lowest BCUT2D eigenvalue weighted by Crippen LogP contribution is -2.02. The molecule has 0 N–H and O–H groups in total. The molecule has 2 aromatic carbocycles. The molecule has 0 saturated heterocycles. The van der Waals surface area contributed by atoms with Crippen molar-refractivity contribution in [2.45, 2.75) is 20.5 Å². The number of allylic oxidation sites excluding steroid dienone is 2. The van der Waals surface area contributed by atoms with Crippen LogP contribution < -0.4 is 9.47 Å². The van der Waals surface area contributed by atoms with E-state index in [2.05, 4.69) is 6.58 Å². The Balaban J connectivity index is 1.56. The van der Waals surface area contributed by atoms with Crippen molar-refractivity contribution < 1.29 is 18.3 Å². The second-order valence-corrected chi connectivity index (χ2v) is 6.20. The maximum atomic E-state index is 13.5. The normalized spacial score (nSPS) is 13.4. The first-order valence-electron chi connectivity index (χ1n) is 8.00. The van der Waals surface area contributed by atoms with E-state index in [4.69, 9.17) is 13.9 Å². The van der Waals surface area contributed by atoms with Gasteiger partial charge in [-0.3, -0.25) is 0 Å². The third-order valence-electron chi connectivity index (χ3n) is 4.20. The molecule has 0 atom stereocenters. The van der Waals surface area contributed by atoms with E-state index in [1.807, 2.05) is 38.1 Å². The largest absolute Gasteiger partial charge is 0.486 e. The number of aryl methyl sites for hydroxylation is 1. The van der Waals surface area contributed by atoms with E-state index < -0.39 is 0 Å². The van der Waals surface area contributed by atoms with Crippen molar-refractivity contribution in [3.63, 3.8) is 0 Å². The van der Waals surface area contributed by atoms with Gasteiger partial charge in [-0.2, -0.15) is 0 Å². The first-order chi connectivity index (χ1) is 12.0. The molecule has 0 radical (unpaired) electrons. The number of furan rings is 1. The highest BCUT2D eigenvalue weighted by molar-refractivity contribution is 5.81. The molecule has 1 aliphatic rings. The second kappa shape index (κ2) is 5.81. The molecule has 126 valence electrons. The third-order valence-corrected chi connectivity index (χ3v) is 4.20. The zero-order valence-corrected chi connectivity index (χ0v) is 14.1. The number of fused-ring (bicyclic) bond motifs is 2. The van der Waals surface area contributed by atoms with Crippen LogP contribution in [0.4, 0.5) is 4.39 Å². The Kier molecular flexibility index (Phi) is 3.61. The summed E-state index contributed by atoms with van der Waals surface area (Å²) in [6.07, 6.45) is 1.90. The summed E-state index contributed by atoms with van der Waals surface area (Å²) in [4.78, 5) is 0. The molecule has 4 rings (SSSR count). The number of benzene rings is 2. The zero-order chi connectivity index (χ0) is 17.6. The van der Waals surface area contributed by atoms with Crippen LogP contribution in [0.25, 0.3) is 16.5 Å². The fourth-order valence-electron chi connectivity index (χ4n) is 3.05. The summed E-state index contributed by atoms with van der Waals surface area (Å²) in [5.41, 5.74) is 3.58. The predicted octanol–water partition coefficient (Wildman–Crippen LogP) is 5.77. The van der Waals surface area contributed by atoms with Crippen LogP contribution in [-0.4, -0.2) is 0 Å². The molecule has 0 aliphatic carbocycles. The Hall–Kier alpha value is -3.01. The van der Waals surface area contributed by atoms with Gasteiger partial charge in [0.05, 0.1) is 0 Å². The summed E-state index contributed by atoms with van der Waals surface area (Å²) >= 11 is 0. The van der Waals surface area contributed by atoms with Gasteiger partial charge >= 0.3 is 0 Å². The van der Waals surface area contributed by atoms with Gasteiger partial charge in [-0.1, -0.05) is 6.58 Å². The van der Waals surface area contributed by atoms with E-state index in [-0.39, 0.29) is 12.4 Å². The van der Waals surface area contributed by atoms with Gasteiger partial charge in [0.25, 0.3) is 0 Å². The van der Waals surface area contributed by atoms with Crippen LogP contribution >= 0.6 is 0 Å². The molecule has 4 heteroatoms. The quantitative estimate of drug-likeness (QED) is 0.608. The predicted molar refractivity (Wildman–Crippen MR) is 95.1 cm³/mol. The standard InChI is InChI=1S/C21H17FO3/c1-12-6-14(3)24-20-10-17(4-5-19(12)20)23-11-18-9-15-8-16(22)7-13(2)21(15)25-18/h4-10H,3,11H2,1-2H3. The van der Waals surface area contributed by atoms with Gasteiger partial charge in [-0.25, -0.2) is 4.39 Å². The summed E-state index contributed by atoms with van der Waals surface area (Å²) in [7, 11) is 0. The smallest absolute Gasteiger partial charge is 0.146 e. The van der Waals surface area contributed by atoms with Crippen molar-refractivity contribution in [1.29, 1.82) is 0 Å². The minimum atomic E-state index is -0.270. The molecule has 0 fully saturated rings. The first-order valence-corrected chi connectivity index (χ1v) is 8.00. The van der Waals surface area contributed by atoms with Crippen LogP contribution in [0.3, 0.4) is 0 Å². The van der Waals surface area contributed by atoms with Crippen molar-refractivity contribution in [2.24, 2.45) is 0 Å².